The molecular weight excluding hydrogens is 242 g/mol. The summed E-state index contributed by atoms with van der Waals surface area (Å²) >= 11 is 0. The zero-order valence-corrected chi connectivity index (χ0v) is 11.7. The Morgan fingerprint density at radius 1 is 1.47 bits per heavy atom. The van der Waals surface area contributed by atoms with Crippen molar-refractivity contribution in [2.45, 2.75) is 26.1 Å². The molecule has 1 aromatic carbocycles. The molecule has 0 spiro atoms. The molecule has 0 unspecified atom stereocenters. The second kappa shape index (κ2) is 5.31. The number of benzene rings is 1. The molecule has 4 heteroatoms. The van der Waals surface area contributed by atoms with Gasteiger partial charge in [0, 0.05) is 12.7 Å². The van der Waals surface area contributed by atoms with Crippen LogP contribution >= 0.6 is 0 Å². The predicted octanol–water partition coefficient (Wildman–Crippen LogP) is 1.68. The number of carbonyl (C=O) groups excluding carboxylic acids is 1. The van der Waals surface area contributed by atoms with E-state index in [2.05, 4.69) is 0 Å². The van der Waals surface area contributed by atoms with E-state index in [1.165, 1.54) is 0 Å². The number of hydrogen-bond donors (Lipinski definition) is 1. The van der Waals surface area contributed by atoms with Gasteiger partial charge in [0.05, 0.1) is 19.7 Å². The highest BCUT2D eigenvalue weighted by Gasteiger charge is 2.45. The van der Waals surface area contributed by atoms with Crippen LogP contribution in [-0.2, 0) is 11.3 Å². The predicted molar refractivity (Wildman–Crippen MR) is 72.8 cm³/mol. The Morgan fingerprint density at radius 3 is 2.74 bits per heavy atom. The van der Waals surface area contributed by atoms with E-state index in [-0.39, 0.29) is 11.8 Å². The highest BCUT2D eigenvalue weighted by molar-refractivity contribution is 5.95. The van der Waals surface area contributed by atoms with Gasteiger partial charge in [0.2, 0.25) is 0 Å². The number of β-amino-alcohol motifs (C(OH)–C–C–N with tert-alkyl or cyclic N) is 1. The first-order valence-electron chi connectivity index (χ1n) is 6.56. The van der Waals surface area contributed by atoms with Gasteiger partial charge in [0.1, 0.15) is 5.60 Å². The number of hydrogen-bond acceptors (Lipinski definition) is 3. The highest BCUT2D eigenvalue weighted by Crippen LogP contribution is 2.29. The molecular formula is C15H21NO3. The monoisotopic (exact) mass is 263 g/mol. The van der Waals surface area contributed by atoms with Crippen LogP contribution < -0.4 is 0 Å². The Balaban J connectivity index is 2.04. The maximum absolute atomic E-state index is 12.3. The zero-order valence-electron chi connectivity index (χ0n) is 11.7. The summed E-state index contributed by atoms with van der Waals surface area (Å²) in [7, 11) is 1.63. The van der Waals surface area contributed by atoms with Crippen molar-refractivity contribution in [3.05, 3.63) is 35.4 Å². The van der Waals surface area contributed by atoms with Crippen molar-refractivity contribution >= 4 is 5.91 Å². The van der Waals surface area contributed by atoms with Crippen molar-refractivity contribution < 1.29 is 14.6 Å². The molecule has 1 aliphatic heterocycles. The van der Waals surface area contributed by atoms with Crippen LogP contribution in [0.4, 0.5) is 0 Å². The fraction of sp³-hybridized carbons (Fsp3) is 0.533. The topological polar surface area (TPSA) is 49.8 Å². The minimum atomic E-state index is -0.722. The van der Waals surface area contributed by atoms with E-state index < -0.39 is 5.60 Å². The average Bonchev–Trinajstić information content (AvgIpc) is 2.34. The molecule has 4 nitrogen and oxygen atoms in total. The lowest BCUT2D eigenvalue weighted by Crippen LogP contribution is -2.65. The second-order valence-electron chi connectivity index (χ2n) is 5.55. The zero-order chi connectivity index (χ0) is 14.0. The highest BCUT2D eigenvalue weighted by atomic mass is 16.5. The van der Waals surface area contributed by atoms with E-state index in [9.17, 15) is 9.90 Å². The van der Waals surface area contributed by atoms with E-state index in [0.29, 0.717) is 25.3 Å². The Morgan fingerprint density at radius 2 is 2.16 bits per heavy atom. The normalized spacial score (nSPS) is 17.4. The molecule has 1 aromatic rings. The molecule has 1 heterocycles. The van der Waals surface area contributed by atoms with Crippen molar-refractivity contribution in [3.8, 4) is 0 Å². The van der Waals surface area contributed by atoms with Crippen molar-refractivity contribution in [1.29, 1.82) is 0 Å². The Hall–Kier alpha value is -1.39. The number of aliphatic hydroxyl groups is 1. The Bertz CT molecular complexity index is 464. The number of rotatable bonds is 4. The Labute approximate surface area is 114 Å². The first-order chi connectivity index (χ1) is 8.96. The van der Waals surface area contributed by atoms with Gasteiger partial charge >= 0.3 is 0 Å². The molecule has 0 aromatic heterocycles. The third-order valence-electron chi connectivity index (χ3n) is 3.78. The lowest BCUT2D eigenvalue weighted by Gasteiger charge is -2.49. The summed E-state index contributed by atoms with van der Waals surface area (Å²) in [4.78, 5) is 14.0. The molecule has 19 heavy (non-hydrogen) atoms. The number of likely N-dealkylation sites (tertiary alicyclic amines) is 1. The molecule has 0 aliphatic carbocycles. The summed E-state index contributed by atoms with van der Waals surface area (Å²) in [6, 6.07) is 7.43. The van der Waals surface area contributed by atoms with Crippen LogP contribution in [0.25, 0.3) is 0 Å². The van der Waals surface area contributed by atoms with E-state index in [1.807, 2.05) is 32.0 Å². The number of ether oxygens (including phenoxy) is 1. The third kappa shape index (κ3) is 2.80. The largest absolute Gasteiger partial charge is 0.386 e. The van der Waals surface area contributed by atoms with Crippen molar-refractivity contribution in [2.24, 2.45) is 5.92 Å². The van der Waals surface area contributed by atoms with Crippen LogP contribution in [0.5, 0.6) is 0 Å². The molecule has 1 saturated heterocycles. The van der Waals surface area contributed by atoms with Crippen LogP contribution in [0.15, 0.2) is 24.3 Å². The molecule has 1 aliphatic rings. The van der Waals surface area contributed by atoms with Crippen LogP contribution in [0, 0.1) is 5.92 Å². The number of amides is 1. The lowest BCUT2D eigenvalue weighted by molar-refractivity contribution is -0.110. The van der Waals surface area contributed by atoms with Crippen LogP contribution in [0.3, 0.4) is 0 Å². The first kappa shape index (κ1) is 14.0. The summed E-state index contributed by atoms with van der Waals surface area (Å²) in [6.45, 7) is 5.27. The van der Waals surface area contributed by atoms with Crippen LogP contribution in [-0.4, -0.2) is 41.7 Å². The molecule has 104 valence electrons. The molecule has 0 atom stereocenters. The van der Waals surface area contributed by atoms with Gasteiger partial charge in [-0.2, -0.15) is 0 Å². The summed E-state index contributed by atoms with van der Waals surface area (Å²) < 4.78 is 5.06. The summed E-state index contributed by atoms with van der Waals surface area (Å²) in [5, 5.41) is 10.2. The number of nitrogens with zero attached hydrogens (tertiary/aromatic N) is 1. The van der Waals surface area contributed by atoms with Crippen LogP contribution in [0.2, 0.25) is 0 Å². The van der Waals surface area contributed by atoms with Crippen molar-refractivity contribution in [1.82, 2.24) is 4.90 Å². The first-order valence-corrected chi connectivity index (χ1v) is 6.56. The minimum absolute atomic E-state index is 0.0247. The fourth-order valence-corrected chi connectivity index (χ4v) is 2.27. The maximum atomic E-state index is 12.3. The quantitative estimate of drug-likeness (QED) is 0.899. The molecule has 1 N–H and O–H groups in total. The van der Waals surface area contributed by atoms with Gasteiger partial charge in [-0.1, -0.05) is 26.0 Å². The van der Waals surface area contributed by atoms with Gasteiger partial charge in [-0.3, -0.25) is 4.79 Å². The van der Waals surface area contributed by atoms with E-state index in [4.69, 9.17) is 4.74 Å². The van der Waals surface area contributed by atoms with Crippen LogP contribution in [0.1, 0.15) is 29.8 Å². The summed E-state index contributed by atoms with van der Waals surface area (Å²) in [5.74, 6) is 0.139. The van der Waals surface area contributed by atoms with Gasteiger partial charge < -0.3 is 14.7 Å². The molecule has 1 fully saturated rings. The second-order valence-corrected chi connectivity index (χ2v) is 5.55. The van der Waals surface area contributed by atoms with E-state index in [1.54, 1.807) is 18.1 Å². The molecule has 0 saturated carbocycles. The smallest absolute Gasteiger partial charge is 0.254 e. The number of methoxy groups -OCH3 is 1. The van der Waals surface area contributed by atoms with Gasteiger partial charge in [0.25, 0.3) is 5.91 Å². The van der Waals surface area contributed by atoms with Gasteiger partial charge in [-0.25, -0.2) is 0 Å². The molecule has 0 radical (unpaired) electrons. The SMILES string of the molecule is COCc1cccc(C(=O)N2CC(O)(C(C)C)C2)c1. The maximum Gasteiger partial charge on any atom is 0.254 e. The van der Waals surface area contributed by atoms with Crippen molar-refractivity contribution in [3.63, 3.8) is 0 Å². The van der Waals surface area contributed by atoms with Gasteiger partial charge in [-0.05, 0) is 23.6 Å². The average molecular weight is 263 g/mol. The van der Waals surface area contributed by atoms with E-state index >= 15 is 0 Å². The van der Waals surface area contributed by atoms with Gasteiger partial charge in [0.15, 0.2) is 0 Å². The summed E-state index contributed by atoms with van der Waals surface area (Å²) in [6.07, 6.45) is 0. The van der Waals surface area contributed by atoms with E-state index in [0.717, 1.165) is 5.56 Å². The molecule has 1 amide bonds. The van der Waals surface area contributed by atoms with Gasteiger partial charge in [-0.15, -0.1) is 0 Å². The Kier molecular flexibility index (Phi) is 3.92. The fourth-order valence-electron chi connectivity index (χ4n) is 2.27. The lowest BCUT2D eigenvalue weighted by atomic mass is 9.82. The number of carbonyl (C=O) groups is 1. The molecule has 2 rings (SSSR count). The summed E-state index contributed by atoms with van der Waals surface area (Å²) in [5.41, 5.74) is 0.910. The molecule has 0 bridgehead atoms. The standard InChI is InChI=1S/C15H21NO3/c1-11(2)15(18)9-16(10-15)14(17)13-6-4-5-12(7-13)8-19-3/h4-7,11,18H,8-10H2,1-3H3. The van der Waals surface area contributed by atoms with Crippen molar-refractivity contribution in [2.75, 3.05) is 20.2 Å². The minimum Gasteiger partial charge on any atom is -0.386 e. The third-order valence-corrected chi connectivity index (χ3v) is 3.78.